The molecule has 1 aromatic carbocycles. The van der Waals surface area contributed by atoms with Crippen LogP contribution in [0.1, 0.15) is 0 Å². The Kier molecular flexibility index (Phi) is 5.39. The zero-order chi connectivity index (χ0) is 20.2. The number of hydrogen-bond donors (Lipinski definition) is 0. The summed E-state index contributed by atoms with van der Waals surface area (Å²) in [6.45, 7) is 0. The minimum absolute atomic E-state index is 0.0774. The Labute approximate surface area is 170 Å². The van der Waals surface area contributed by atoms with Gasteiger partial charge in [0.05, 0.1) is 4.90 Å². The van der Waals surface area contributed by atoms with Crippen molar-refractivity contribution >= 4 is 20.4 Å². The summed E-state index contributed by atoms with van der Waals surface area (Å²) in [6, 6.07) is 18.8. The van der Waals surface area contributed by atoms with E-state index in [0.29, 0.717) is 14.7 Å². The van der Waals surface area contributed by atoms with E-state index in [4.69, 9.17) is 3.63 Å². The smallest absolute Gasteiger partial charge is 0.264 e. The number of benzene rings is 1. The van der Waals surface area contributed by atoms with Gasteiger partial charge >= 0.3 is 10.1 Å². The first-order chi connectivity index (χ1) is 14.1. The molecule has 146 valence electrons. The van der Waals surface area contributed by atoms with Gasteiger partial charge < -0.3 is 0 Å². The number of aromatic nitrogens is 3. The quantitative estimate of drug-likeness (QED) is 0.455. The molecule has 0 saturated carbocycles. The second kappa shape index (κ2) is 8.12. The van der Waals surface area contributed by atoms with Crippen LogP contribution in [-0.4, -0.2) is 23.4 Å². The van der Waals surface area contributed by atoms with Crippen molar-refractivity contribution in [1.82, 2.24) is 15.0 Å². The molecule has 0 aliphatic rings. The Morgan fingerprint density at radius 2 is 0.966 bits per heavy atom. The number of nitrogens with zero attached hydrogens (tertiary/aromatic N) is 3. The van der Waals surface area contributed by atoms with Gasteiger partial charge in [-0.15, -0.1) is 0 Å². The van der Waals surface area contributed by atoms with Crippen LogP contribution < -0.4 is 0 Å². The molecule has 0 aliphatic heterocycles. The van der Waals surface area contributed by atoms with Crippen molar-refractivity contribution in [3.8, 4) is 0 Å². The SMILES string of the molecule is O=S(=O)(OS(c1cccnc1)(c1cccnc1)c1cccnc1)c1ccccc1. The van der Waals surface area contributed by atoms with Crippen LogP contribution in [0.25, 0.3) is 0 Å². The summed E-state index contributed by atoms with van der Waals surface area (Å²) in [7, 11) is -6.82. The summed E-state index contributed by atoms with van der Waals surface area (Å²) in [5.74, 6) is 0. The van der Waals surface area contributed by atoms with Gasteiger partial charge in [-0.1, -0.05) is 18.2 Å². The molecule has 8 heteroatoms. The van der Waals surface area contributed by atoms with Crippen molar-refractivity contribution in [2.75, 3.05) is 0 Å². The van der Waals surface area contributed by atoms with Crippen LogP contribution in [-0.2, 0) is 13.7 Å². The molecule has 0 spiro atoms. The lowest BCUT2D eigenvalue weighted by atomic mass is 10.4. The molecule has 0 amide bonds. The second-order valence-corrected chi connectivity index (χ2v) is 10.4. The molecular weight excluding hydrogens is 406 g/mol. The zero-order valence-corrected chi connectivity index (χ0v) is 16.8. The topological polar surface area (TPSA) is 82.0 Å². The number of hydrogen-bond acceptors (Lipinski definition) is 6. The van der Waals surface area contributed by atoms with E-state index in [1.54, 1.807) is 73.6 Å². The Balaban J connectivity index is 2.01. The van der Waals surface area contributed by atoms with Crippen LogP contribution in [0.2, 0.25) is 0 Å². The van der Waals surface area contributed by atoms with Gasteiger partial charge in [0, 0.05) is 51.9 Å². The Morgan fingerprint density at radius 3 is 1.34 bits per heavy atom. The van der Waals surface area contributed by atoms with Crippen molar-refractivity contribution in [2.24, 2.45) is 0 Å². The molecule has 3 heterocycles. The third-order valence-electron chi connectivity index (χ3n) is 4.12. The third kappa shape index (κ3) is 3.77. The highest BCUT2D eigenvalue weighted by Gasteiger charge is 2.39. The predicted molar refractivity (Wildman–Crippen MR) is 110 cm³/mol. The summed E-state index contributed by atoms with van der Waals surface area (Å²) in [4.78, 5) is 14.6. The van der Waals surface area contributed by atoms with E-state index in [-0.39, 0.29) is 4.90 Å². The molecule has 4 rings (SSSR count). The van der Waals surface area contributed by atoms with Crippen LogP contribution >= 0.6 is 10.3 Å². The van der Waals surface area contributed by atoms with Crippen molar-refractivity contribution in [1.29, 1.82) is 0 Å². The van der Waals surface area contributed by atoms with Crippen molar-refractivity contribution in [3.63, 3.8) is 0 Å². The fourth-order valence-electron chi connectivity index (χ4n) is 2.84. The standard InChI is InChI=1S/C21H17N3O3S2/c25-29(26,18-7-2-1-3-8-18)27-28(19-9-4-12-22-15-19,20-10-5-13-23-16-20)21-11-6-14-24-17-21/h1-17H. The Morgan fingerprint density at radius 1 is 0.552 bits per heavy atom. The first kappa shape index (κ1) is 19.3. The van der Waals surface area contributed by atoms with E-state index in [1.165, 1.54) is 12.1 Å². The maximum atomic E-state index is 13.3. The minimum atomic E-state index is -4.11. The molecule has 0 unspecified atom stereocenters. The lowest BCUT2D eigenvalue weighted by Crippen LogP contribution is -2.15. The van der Waals surface area contributed by atoms with E-state index >= 15 is 0 Å². The molecule has 0 aliphatic carbocycles. The van der Waals surface area contributed by atoms with E-state index in [1.807, 2.05) is 18.2 Å². The normalized spacial score (nSPS) is 12.4. The van der Waals surface area contributed by atoms with Gasteiger partial charge in [0.1, 0.15) is 0 Å². The molecule has 0 atom stereocenters. The third-order valence-corrected chi connectivity index (χ3v) is 9.22. The molecule has 6 nitrogen and oxygen atoms in total. The predicted octanol–water partition coefficient (Wildman–Crippen LogP) is 4.47. The second-order valence-electron chi connectivity index (χ2n) is 5.96. The fraction of sp³-hybridized carbons (Fsp3) is 0. The minimum Gasteiger partial charge on any atom is -0.264 e. The first-order valence-electron chi connectivity index (χ1n) is 8.68. The number of pyridine rings is 3. The lowest BCUT2D eigenvalue weighted by molar-refractivity contribution is 0.508. The summed E-state index contributed by atoms with van der Waals surface area (Å²) in [5, 5.41) is 0. The average molecular weight is 424 g/mol. The number of rotatable bonds is 6. The van der Waals surface area contributed by atoms with Crippen LogP contribution in [0.3, 0.4) is 0 Å². The monoisotopic (exact) mass is 423 g/mol. The largest absolute Gasteiger partial charge is 0.307 e. The molecule has 0 fully saturated rings. The summed E-state index contributed by atoms with van der Waals surface area (Å²) >= 11 is 0. The Bertz CT molecular complexity index is 1080. The highest BCUT2D eigenvalue weighted by molar-refractivity contribution is 8.33. The van der Waals surface area contributed by atoms with Gasteiger partial charge in [-0.25, -0.2) is 3.63 Å². The van der Waals surface area contributed by atoms with Gasteiger partial charge in [-0.05, 0) is 58.8 Å². The molecule has 4 aromatic rings. The molecule has 0 radical (unpaired) electrons. The van der Waals surface area contributed by atoms with Crippen LogP contribution in [0.15, 0.2) is 123 Å². The molecular formula is C21H17N3O3S2. The van der Waals surface area contributed by atoms with Crippen LogP contribution in [0.4, 0.5) is 0 Å². The van der Waals surface area contributed by atoms with Gasteiger partial charge in [-0.3, -0.25) is 15.0 Å². The van der Waals surface area contributed by atoms with Crippen LogP contribution in [0.5, 0.6) is 0 Å². The maximum absolute atomic E-state index is 13.3. The van der Waals surface area contributed by atoms with Gasteiger partial charge in [0.25, 0.3) is 0 Å². The van der Waals surface area contributed by atoms with Crippen molar-refractivity contribution in [3.05, 3.63) is 104 Å². The first-order valence-corrected chi connectivity index (χ1v) is 11.6. The molecule has 3 aromatic heterocycles. The van der Waals surface area contributed by atoms with E-state index in [2.05, 4.69) is 15.0 Å². The van der Waals surface area contributed by atoms with Crippen molar-refractivity contribution in [2.45, 2.75) is 19.6 Å². The maximum Gasteiger partial charge on any atom is 0.307 e. The molecule has 0 N–H and O–H groups in total. The van der Waals surface area contributed by atoms with Crippen molar-refractivity contribution < 1.29 is 12.0 Å². The van der Waals surface area contributed by atoms with Gasteiger partial charge in [0.15, 0.2) is 0 Å². The van der Waals surface area contributed by atoms with E-state index in [0.717, 1.165) is 0 Å². The molecule has 0 saturated heterocycles. The highest BCUT2D eigenvalue weighted by atomic mass is 32.3. The average Bonchev–Trinajstić information content (AvgIpc) is 2.80. The van der Waals surface area contributed by atoms with Gasteiger partial charge in [0.2, 0.25) is 0 Å². The molecule has 0 bridgehead atoms. The lowest BCUT2D eigenvalue weighted by Gasteiger charge is -2.38. The van der Waals surface area contributed by atoms with Crippen LogP contribution in [0, 0.1) is 0 Å². The molecule has 29 heavy (non-hydrogen) atoms. The van der Waals surface area contributed by atoms with Gasteiger partial charge in [-0.2, -0.15) is 8.42 Å². The summed E-state index contributed by atoms with van der Waals surface area (Å²) in [5.41, 5.74) is 0. The van der Waals surface area contributed by atoms with E-state index in [9.17, 15) is 8.42 Å². The fourth-order valence-corrected chi connectivity index (χ4v) is 7.92. The zero-order valence-electron chi connectivity index (χ0n) is 15.2. The highest BCUT2D eigenvalue weighted by Crippen LogP contribution is 2.69. The van der Waals surface area contributed by atoms with E-state index < -0.39 is 20.4 Å². The Hall–Kier alpha value is -3.07. The summed E-state index contributed by atoms with van der Waals surface area (Å²) < 4.78 is 32.7. The summed E-state index contributed by atoms with van der Waals surface area (Å²) in [6.07, 6.45) is 9.76.